The molecule has 1 aromatic rings. The van der Waals surface area contributed by atoms with E-state index < -0.39 is 35.9 Å². The van der Waals surface area contributed by atoms with Gasteiger partial charge in [0.2, 0.25) is 5.91 Å². The molecule has 0 aliphatic carbocycles. The third-order valence-corrected chi connectivity index (χ3v) is 4.99. The predicted molar refractivity (Wildman–Crippen MR) is 101 cm³/mol. The first-order valence-corrected chi connectivity index (χ1v) is 9.08. The summed E-state index contributed by atoms with van der Waals surface area (Å²) in [5, 5.41) is 2.61. The van der Waals surface area contributed by atoms with Crippen LogP contribution in [-0.4, -0.2) is 67.2 Å². The van der Waals surface area contributed by atoms with Crippen LogP contribution in [0.25, 0.3) is 0 Å². The number of anilines is 2. The average Bonchev–Trinajstić information content (AvgIpc) is 3.02. The standard InChI is InChI=1S/C18H22FN5O5/c1-10-16(26)23(17(20)27)6-5-22(10)15-4-3-12(7-14(15)19)24-13(8-21-11(2)25)9-29-18(24)28/h3-4,7,10,13H,5-6,8-9H2,1-2H3,(H2,20,27)(H,21,25). The second kappa shape index (κ2) is 7.94. The van der Waals surface area contributed by atoms with Crippen LogP contribution in [0.4, 0.5) is 25.4 Å². The van der Waals surface area contributed by atoms with Crippen molar-refractivity contribution in [1.29, 1.82) is 0 Å². The molecule has 5 amide bonds. The lowest BCUT2D eigenvalue weighted by Gasteiger charge is -2.39. The molecule has 2 heterocycles. The molecule has 2 unspecified atom stereocenters. The molecule has 0 spiro atoms. The Bertz CT molecular complexity index is 863. The molecule has 2 atom stereocenters. The van der Waals surface area contributed by atoms with E-state index in [9.17, 15) is 23.6 Å². The van der Waals surface area contributed by atoms with Crippen molar-refractivity contribution in [3.63, 3.8) is 0 Å². The van der Waals surface area contributed by atoms with Gasteiger partial charge < -0.3 is 20.7 Å². The van der Waals surface area contributed by atoms with Crippen LogP contribution in [0.2, 0.25) is 0 Å². The van der Waals surface area contributed by atoms with E-state index in [1.807, 2.05) is 0 Å². The van der Waals surface area contributed by atoms with Gasteiger partial charge in [-0.2, -0.15) is 0 Å². The number of nitrogens with zero attached hydrogens (tertiary/aromatic N) is 3. The number of nitrogens with two attached hydrogens (primary N) is 1. The molecule has 2 aliphatic rings. The highest BCUT2D eigenvalue weighted by atomic mass is 19.1. The van der Waals surface area contributed by atoms with E-state index in [0.717, 1.165) is 4.90 Å². The summed E-state index contributed by atoms with van der Waals surface area (Å²) in [7, 11) is 0. The number of piperazine rings is 1. The maximum absolute atomic E-state index is 14.9. The number of carbonyl (C=O) groups excluding carboxylic acids is 4. The lowest BCUT2D eigenvalue weighted by molar-refractivity contribution is -0.130. The van der Waals surface area contributed by atoms with E-state index in [-0.39, 0.29) is 43.5 Å². The highest BCUT2D eigenvalue weighted by Crippen LogP contribution is 2.30. The second-order valence-corrected chi connectivity index (χ2v) is 6.87. The molecule has 0 radical (unpaired) electrons. The molecule has 156 valence electrons. The molecule has 2 aliphatic heterocycles. The fraction of sp³-hybridized carbons (Fsp3) is 0.444. The van der Waals surface area contributed by atoms with E-state index in [1.165, 1.54) is 28.9 Å². The van der Waals surface area contributed by atoms with Gasteiger partial charge in [0.15, 0.2) is 0 Å². The van der Waals surface area contributed by atoms with Crippen LogP contribution >= 0.6 is 0 Å². The summed E-state index contributed by atoms with van der Waals surface area (Å²) < 4.78 is 19.9. The van der Waals surface area contributed by atoms with Gasteiger partial charge in [-0.25, -0.2) is 14.0 Å². The lowest BCUT2D eigenvalue weighted by atomic mass is 10.1. The summed E-state index contributed by atoms with van der Waals surface area (Å²) in [6.07, 6.45) is -0.633. The number of cyclic esters (lactones) is 1. The number of hydrogen-bond donors (Lipinski definition) is 2. The first-order valence-electron chi connectivity index (χ1n) is 9.08. The Morgan fingerprint density at radius 1 is 1.31 bits per heavy atom. The molecule has 10 nitrogen and oxygen atoms in total. The summed E-state index contributed by atoms with van der Waals surface area (Å²) in [6, 6.07) is 2.12. The van der Waals surface area contributed by atoms with Gasteiger partial charge in [-0.3, -0.25) is 19.4 Å². The monoisotopic (exact) mass is 407 g/mol. The Balaban J connectivity index is 1.81. The van der Waals surface area contributed by atoms with Crippen LogP contribution in [-0.2, 0) is 14.3 Å². The minimum Gasteiger partial charge on any atom is -0.447 e. The molecule has 29 heavy (non-hydrogen) atoms. The number of nitrogens with one attached hydrogen (secondary N) is 1. The molecule has 11 heteroatoms. The van der Waals surface area contributed by atoms with Crippen LogP contribution in [0.1, 0.15) is 13.8 Å². The summed E-state index contributed by atoms with van der Waals surface area (Å²) in [5.74, 6) is -1.39. The number of halogens is 1. The molecule has 1 aromatic carbocycles. The van der Waals surface area contributed by atoms with Gasteiger partial charge in [-0.1, -0.05) is 0 Å². The Kier molecular flexibility index (Phi) is 5.57. The average molecular weight is 407 g/mol. The van der Waals surface area contributed by atoms with Gasteiger partial charge in [0.25, 0.3) is 5.91 Å². The van der Waals surface area contributed by atoms with Crippen molar-refractivity contribution in [1.82, 2.24) is 10.2 Å². The number of carbonyl (C=O) groups is 4. The number of imide groups is 1. The van der Waals surface area contributed by atoms with Crippen LogP contribution in [0.3, 0.4) is 0 Å². The van der Waals surface area contributed by atoms with Gasteiger partial charge in [-0.15, -0.1) is 0 Å². The molecular weight excluding hydrogens is 385 g/mol. The quantitative estimate of drug-likeness (QED) is 0.744. The van der Waals surface area contributed by atoms with Crippen LogP contribution < -0.4 is 20.9 Å². The van der Waals surface area contributed by atoms with E-state index >= 15 is 0 Å². The summed E-state index contributed by atoms with van der Waals surface area (Å²) in [4.78, 5) is 50.6. The molecule has 2 fully saturated rings. The molecule has 2 saturated heterocycles. The van der Waals surface area contributed by atoms with Crippen molar-refractivity contribution >= 4 is 35.3 Å². The zero-order chi connectivity index (χ0) is 21.3. The third-order valence-electron chi connectivity index (χ3n) is 4.99. The number of hydrogen-bond acceptors (Lipinski definition) is 6. The van der Waals surface area contributed by atoms with Gasteiger partial charge >= 0.3 is 12.1 Å². The maximum Gasteiger partial charge on any atom is 0.414 e. The largest absolute Gasteiger partial charge is 0.447 e. The van der Waals surface area contributed by atoms with Gasteiger partial charge in [0, 0.05) is 26.6 Å². The molecule has 0 bridgehead atoms. The summed E-state index contributed by atoms with van der Waals surface area (Å²) in [6.45, 7) is 3.44. The number of ether oxygens (including phenoxy) is 1. The highest BCUT2D eigenvalue weighted by molar-refractivity contribution is 5.99. The molecular formula is C18H22FN5O5. The van der Waals surface area contributed by atoms with Crippen molar-refractivity contribution in [2.24, 2.45) is 5.73 Å². The number of benzene rings is 1. The van der Waals surface area contributed by atoms with Crippen LogP contribution in [0.5, 0.6) is 0 Å². The smallest absolute Gasteiger partial charge is 0.414 e. The first kappa shape index (κ1) is 20.4. The zero-order valence-corrected chi connectivity index (χ0v) is 16.1. The van der Waals surface area contributed by atoms with Crippen molar-refractivity contribution in [3.05, 3.63) is 24.0 Å². The summed E-state index contributed by atoms with van der Waals surface area (Å²) >= 11 is 0. The Morgan fingerprint density at radius 2 is 2.03 bits per heavy atom. The number of urea groups is 1. The van der Waals surface area contributed by atoms with E-state index in [4.69, 9.17) is 10.5 Å². The molecule has 3 N–H and O–H groups in total. The van der Waals surface area contributed by atoms with Crippen molar-refractivity contribution in [2.45, 2.75) is 25.9 Å². The Hall–Kier alpha value is -3.37. The summed E-state index contributed by atoms with van der Waals surface area (Å²) in [5.41, 5.74) is 5.64. The number of rotatable bonds is 4. The molecule has 0 saturated carbocycles. The van der Waals surface area contributed by atoms with Gasteiger partial charge in [-0.05, 0) is 25.1 Å². The van der Waals surface area contributed by atoms with Crippen LogP contribution in [0.15, 0.2) is 18.2 Å². The predicted octanol–water partition coefficient (Wildman–Crippen LogP) is 0.403. The van der Waals surface area contributed by atoms with Crippen molar-refractivity contribution in [2.75, 3.05) is 36.0 Å². The van der Waals surface area contributed by atoms with Crippen molar-refractivity contribution in [3.8, 4) is 0 Å². The Labute approximate surface area is 166 Å². The van der Waals surface area contributed by atoms with E-state index in [0.29, 0.717) is 0 Å². The first-order chi connectivity index (χ1) is 13.7. The number of primary amides is 1. The second-order valence-electron chi connectivity index (χ2n) is 6.87. The van der Waals surface area contributed by atoms with Crippen LogP contribution in [0, 0.1) is 5.82 Å². The lowest BCUT2D eigenvalue weighted by Crippen LogP contribution is -2.59. The fourth-order valence-corrected chi connectivity index (χ4v) is 3.49. The highest BCUT2D eigenvalue weighted by Gasteiger charge is 2.37. The van der Waals surface area contributed by atoms with E-state index in [1.54, 1.807) is 13.0 Å². The zero-order valence-electron chi connectivity index (χ0n) is 16.1. The van der Waals surface area contributed by atoms with E-state index in [2.05, 4.69) is 5.32 Å². The SMILES string of the molecule is CC(=O)NCC1COC(=O)N1c1ccc(N2CCN(C(N)=O)C(=O)C2C)c(F)c1. The van der Waals surface area contributed by atoms with Gasteiger partial charge in [0.05, 0.1) is 17.4 Å². The minimum absolute atomic E-state index is 0.0525. The third kappa shape index (κ3) is 3.93. The minimum atomic E-state index is -0.838. The normalized spacial score (nSPS) is 22.0. The van der Waals surface area contributed by atoms with Gasteiger partial charge in [0.1, 0.15) is 18.5 Å². The molecule has 3 rings (SSSR count). The fourth-order valence-electron chi connectivity index (χ4n) is 3.49. The maximum atomic E-state index is 14.9. The Morgan fingerprint density at radius 3 is 2.66 bits per heavy atom. The van der Waals surface area contributed by atoms with Crippen molar-refractivity contribution < 1.29 is 28.3 Å². The number of amides is 5. The topological polar surface area (TPSA) is 125 Å². The molecule has 0 aromatic heterocycles.